The minimum absolute atomic E-state index is 0.0446. The average molecular weight is 282 g/mol. The number of hydrogen-bond donors (Lipinski definition) is 2. The van der Waals surface area contributed by atoms with Crippen molar-refractivity contribution in [1.29, 1.82) is 0 Å². The van der Waals surface area contributed by atoms with Gasteiger partial charge in [0.25, 0.3) is 0 Å². The van der Waals surface area contributed by atoms with Crippen LogP contribution in [0.15, 0.2) is 0 Å². The number of nitrogens with zero attached hydrogens (tertiary/aromatic N) is 1. The van der Waals surface area contributed by atoms with Gasteiger partial charge in [-0.2, -0.15) is 0 Å². The van der Waals surface area contributed by atoms with Gasteiger partial charge in [-0.05, 0) is 37.0 Å². The minimum atomic E-state index is -0.769. The number of likely N-dealkylation sites (tertiary alicyclic amines) is 1. The molecule has 1 saturated carbocycles. The van der Waals surface area contributed by atoms with Crippen LogP contribution in [0.25, 0.3) is 0 Å². The van der Waals surface area contributed by atoms with E-state index in [0.717, 1.165) is 32.2 Å². The lowest BCUT2D eigenvalue weighted by Crippen LogP contribution is -2.45. The Kier molecular flexibility index (Phi) is 5.02. The van der Waals surface area contributed by atoms with Crippen molar-refractivity contribution in [2.45, 2.75) is 45.6 Å². The van der Waals surface area contributed by atoms with Gasteiger partial charge in [-0.25, -0.2) is 0 Å². The zero-order valence-corrected chi connectivity index (χ0v) is 12.5. The molecule has 1 saturated heterocycles. The largest absolute Gasteiger partial charge is 0.480 e. The van der Waals surface area contributed by atoms with Crippen molar-refractivity contribution in [3.05, 3.63) is 0 Å². The van der Waals surface area contributed by atoms with E-state index < -0.39 is 12.0 Å². The van der Waals surface area contributed by atoms with Crippen molar-refractivity contribution in [1.82, 2.24) is 10.2 Å². The Labute approximate surface area is 120 Å². The molecule has 0 radical (unpaired) electrons. The number of carboxylic acids is 1. The summed E-state index contributed by atoms with van der Waals surface area (Å²) in [5, 5.41) is 12.3. The van der Waals surface area contributed by atoms with Crippen LogP contribution in [0.5, 0.6) is 0 Å². The van der Waals surface area contributed by atoms with E-state index in [4.69, 9.17) is 0 Å². The van der Waals surface area contributed by atoms with Crippen LogP contribution in [0.4, 0.5) is 0 Å². The second-order valence-corrected chi connectivity index (χ2v) is 6.60. The monoisotopic (exact) mass is 282 g/mol. The molecule has 1 aliphatic heterocycles. The topological polar surface area (TPSA) is 69.6 Å². The summed E-state index contributed by atoms with van der Waals surface area (Å²) in [4.78, 5) is 25.3. The molecule has 2 N–H and O–H groups in total. The van der Waals surface area contributed by atoms with Crippen LogP contribution >= 0.6 is 0 Å². The molecule has 2 aliphatic rings. The summed E-state index contributed by atoms with van der Waals surface area (Å²) < 4.78 is 0. The minimum Gasteiger partial charge on any atom is -0.480 e. The molecule has 5 heteroatoms. The average Bonchev–Trinajstić information content (AvgIpc) is 2.87. The summed E-state index contributed by atoms with van der Waals surface area (Å²) in [6.45, 7) is 5.90. The van der Waals surface area contributed by atoms with Gasteiger partial charge in [0, 0.05) is 13.1 Å². The second-order valence-electron chi connectivity index (χ2n) is 6.60. The van der Waals surface area contributed by atoms with Crippen LogP contribution in [0.1, 0.15) is 39.5 Å². The van der Waals surface area contributed by atoms with Crippen molar-refractivity contribution in [3.63, 3.8) is 0 Å². The Hall–Kier alpha value is -1.10. The lowest BCUT2D eigenvalue weighted by molar-refractivity contribution is -0.144. The van der Waals surface area contributed by atoms with Crippen molar-refractivity contribution < 1.29 is 14.7 Å². The number of hydrogen-bond acceptors (Lipinski definition) is 3. The first-order chi connectivity index (χ1) is 9.49. The molecule has 2 rings (SSSR count). The molecule has 0 bridgehead atoms. The predicted molar refractivity (Wildman–Crippen MR) is 76.3 cm³/mol. The summed E-state index contributed by atoms with van der Waals surface area (Å²) in [5.41, 5.74) is 0. The molecule has 0 spiro atoms. The van der Waals surface area contributed by atoms with E-state index in [9.17, 15) is 14.7 Å². The first-order valence-electron chi connectivity index (χ1n) is 7.72. The molecule has 1 amide bonds. The number of carbonyl (C=O) groups is 2. The maximum Gasteiger partial charge on any atom is 0.321 e. The van der Waals surface area contributed by atoms with E-state index >= 15 is 0 Å². The molecular formula is C15H26N2O3. The SMILES string of the molecule is CC(C)CCNC(=O)CN1CC2CCCC2C1C(=O)O. The number of carboxylic acid groups (broad SMARTS) is 1. The molecule has 2 fully saturated rings. The Morgan fingerprint density at radius 2 is 2.10 bits per heavy atom. The maximum atomic E-state index is 11.9. The van der Waals surface area contributed by atoms with Gasteiger partial charge in [0.2, 0.25) is 5.91 Å². The summed E-state index contributed by atoms with van der Waals surface area (Å²) >= 11 is 0. The van der Waals surface area contributed by atoms with Crippen molar-refractivity contribution in [2.75, 3.05) is 19.6 Å². The van der Waals surface area contributed by atoms with Gasteiger partial charge in [-0.1, -0.05) is 20.3 Å². The second kappa shape index (κ2) is 6.57. The summed E-state index contributed by atoms with van der Waals surface area (Å²) in [5.74, 6) is 0.468. The Morgan fingerprint density at radius 1 is 1.35 bits per heavy atom. The Balaban J connectivity index is 1.85. The zero-order valence-electron chi connectivity index (χ0n) is 12.5. The number of amides is 1. The third-order valence-corrected chi connectivity index (χ3v) is 4.63. The highest BCUT2D eigenvalue weighted by Gasteiger charge is 2.47. The molecular weight excluding hydrogens is 256 g/mol. The normalized spacial score (nSPS) is 29.6. The molecule has 3 unspecified atom stereocenters. The number of carbonyl (C=O) groups excluding carboxylic acids is 1. The Morgan fingerprint density at radius 3 is 2.75 bits per heavy atom. The molecule has 114 valence electrons. The lowest BCUT2D eigenvalue weighted by Gasteiger charge is -2.23. The molecule has 20 heavy (non-hydrogen) atoms. The summed E-state index contributed by atoms with van der Waals surface area (Å²) in [6, 6.07) is -0.460. The Bertz CT molecular complexity index is 370. The van der Waals surface area contributed by atoms with E-state index in [1.165, 1.54) is 0 Å². The van der Waals surface area contributed by atoms with Gasteiger partial charge >= 0.3 is 5.97 Å². The highest BCUT2D eigenvalue weighted by atomic mass is 16.4. The van der Waals surface area contributed by atoms with Crippen LogP contribution in [0.2, 0.25) is 0 Å². The number of nitrogens with one attached hydrogen (secondary N) is 1. The van der Waals surface area contributed by atoms with Crippen LogP contribution < -0.4 is 5.32 Å². The number of aliphatic carboxylic acids is 1. The molecule has 0 aromatic carbocycles. The zero-order chi connectivity index (χ0) is 14.7. The smallest absolute Gasteiger partial charge is 0.321 e. The lowest BCUT2D eigenvalue weighted by atomic mass is 9.94. The highest BCUT2D eigenvalue weighted by Crippen LogP contribution is 2.41. The fourth-order valence-corrected chi connectivity index (χ4v) is 3.64. The quantitative estimate of drug-likeness (QED) is 0.771. The fourth-order valence-electron chi connectivity index (χ4n) is 3.64. The van der Waals surface area contributed by atoms with Crippen LogP contribution in [0, 0.1) is 17.8 Å². The van der Waals surface area contributed by atoms with Gasteiger partial charge in [0.05, 0.1) is 6.54 Å². The maximum absolute atomic E-state index is 11.9. The third kappa shape index (κ3) is 3.51. The van der Waals surface area contributed by atoms with Crippen LogP contribution in [-0.2, 0) is 9.59 Å². The first kappa shape index (κ1) is 15.3. The van der Waals surface area contributed by atoms with Crippen LogP contribution in [-0.4, -0.2) is 47.6 Å². The summed E-state index contributed by atoms with van der Waals surface area (Å²) in [6.07, 6.45) is 4.19. The molecule has 0 aromatic rings. The highest BCUT2D eigenvalue weighted by molar-refractivity contribution is 5.80. The van der Waals surface area contributed by atoms with E-state index in [2.05, 4.69) is 19.2 Å². The molecule has 0 aromatic heterocycles. The third-order valence-electron chi connectivity index (χ3n) is 4.63. The molecule has 3 atom stereocenters. The van der Waals surface area contributed by atoms with Crippen molar-refractivity contribution >= 4 is 11.9 Å². The van der Waals surface area contributed by atoms with E-state index in [-0.39, 0.29) is 18.4 Å². The summed E-state index contributed by atoms with van der Waals surface area (Å²) in [7, 11) is 0. The molecule has 1 heterocycles. The van der Waals surface area contributed by atoms with E-state index in [1.54, 1.807) is 0 Å². The van der Waals surface area contributed by atoms with Crippen LogP contribution in [0.3, 0.4) is 0 Å². The first-order valence-corrected chi connectivity index (χ1v) is 7.72. The predicted octanol–water partition coefficient (Wildman–Crippen LogP) is 1.33. The van der Waals surface area contributed by atoms with Gasteiger partial charge in [-0.15, -0.1) is 0 Å². The fraction of sp³-hybridized carbons (Fsp3) is 0.867. The molecule has 1 aliphatic carbocycles. The number of fused-ring (bicyclic) bond motifs is 1. The van der Waals surface area contributed by atoms with Gasteiger partial charge in [0.15, 0.2) is 0 Å². The standard InChI is InChI=1S/C15H26N2O3/c1-10(2)6-7-16-13(18)9-17-8-11-4-3-5-12(11)14(17)15(19)20/h10-12,14H,3-9H2,1-2H3,(H,16,18)(H,19,20). The number of rotatable bonds is 6. The van der Waals surface area contributed by atoms with Crippen molar-refractivity contribution in [2.24, 2.45) is 17.8 Å². The van der Waals surface area contributed by atoms with Gasteiger partial charge < -0.3 is 10.4 Å². The van der Waals surface area contributed by atoms with Gasteiger partial charge in [-0.3, -0.25) is 14.5 Å². The van der Waals surface area contributed by atoms with Gasteiger partial charge in [0.1, 0.15) is 6.04 Å². The molecule has 5 nitrogen and oxygen atoms in total. The van der Waals surface area contributed by atoms with E-state index in [1.807, 2.05) is 4.90 Å². The van der Waals surface area contributed by atoms with E-state index in [0.29, 0.717) is 18.4 Å². The van der Waals surface area contributed by atoms with Crippen molar-refractivity contribution in [3.8, 4) is 0 Å².